The van der Waals surface area contributed by atoms with Crippen LogP contribution in [0.25, 0.3) is 0 Å². The minimum atomic E-state index is -5.02. The molecule has 1 aromatic rings. The highest BCUT2D eigenvalue weighted by molar-refractivity contribution is 7.93. The molecule has 0 amide bonds. The van der Waals surface area contributed by atoms with E-state index >= 15 is 0 Å². The average molecular weight is 318 g/mol. The van der Waals surface area contributed by atoms with E-state index in [1.165, 1.54) is 12.1 Å². The lowest BCUT2D eigenvalue weighted by molar-refractivity contribution is -0.0406. The average Bonchev–Trinajstić information content (AvgIpc) is 2.30. The molecule has 0 radical (unpaired) electrons. The molecule has 0 unspecified atom stereocenters. The van der Waals surface area contributed by atoms with E-state index in [-0.39, 0.29) is 0 Å². The van der Waals surface area contributed by atoms with Crippen LogP contribution >= 0.6 is 0 Å². The van der Waals surface area contributed by atoms with Gasteiger partial charge < -0.3 is 5.32 Å². The van der Waals surface area contributed by atoms with E-state index in [1.807, 2.05) is 0 Å². The summed E-state index contributed by atoms with van der Waals surface area (Å²) in [6, 6.07) is 5.63. The standard InChI is InChI=1S/C14H17F3N2OS/c15-14(16,17)21(18,20)12-3-1-2-10(5-12)4-11-6-13(7-11)8-19-9-13/h1-3,5,11,18-19H,4,6-9H2/t21-/m0/s1. The van der Waals surface area contributed by atoms with Gasteiger partial charge in [0.05, 0.1) is 4.90 Å². The van der Waals surface area contributed by atoms with Gasteiger partial charge in [-0.2, -0.15) is 13.2 Å². The molecule has 3 nitrogen and oxygen atoms in total. The molecule has 1 atom stereocenters. The molecule has 1 heterocycles. The van der Waals surface area contributed by atoms with Gasteiger partial charge >= 0.3 is 5.51 Å². The fourth-order valence-corrected chi connectivity index (χ4v) is 4.25. The fraction of sp³-hybridized carbons (Fsp3) is 0.571. The summed E-state index contributed by atoms with van der Waals surface area (Å²) in [5.41, 5.74) is -3.86. The first-order valence-electron chi connectivity index (χ1n) is 6.87. The molecular weight excluding hydrogens is 301 g/mol. The Hall–Kier alpha value is -1.08. The quantitative estimate of drug-likeness (QED) is 0.899. The first-order valence-corrected chi connectivity index (χ1v) is 8.43. The van der Waals surface area contributed by atoms with Crippen molar-refractivity contribution in [2.45, 2.75) is 29.7 Å². The van der Waals surface area contributed by atoms with Gasteiger partial charge in [-0.15, -0.1) is 0 Å². The zero-order valence-electron chi connectivity index (χ0n) is 11.4. The molecule has 116 valence electrons. The lowest BCUT2D eigenvalue weighted by Gasteiger charge is -2.54. The summed E-state index contributed by atoms with van der Waals surface area (Å²) in [7, 11) is -4.75. The molecule has 0 bridgehead atoms. The van der Waals surface area contributed by atoms with E-state index in [4.69, 9.17) is 4.78 Å². The topological polar surface area (TPSA) is 53.0 Å². The lowest BCUT2D eigenvalue weighted by atomic mass is 9.57. The molecule has 7 heteroatoms. The number of halogens is 3. The van der Waals surface area contributed by atoms with Crippen molar-refractivity contribution < 1.29 is 17.4 Å². The molecule has 1 aliphatic carbocycles. The monoisotopic (exact) mass is 318 g/mol. The Bertz CT molecular complexity index is 642. The molecule has 0 aromatic heterocycles. The van der Waals surface area contributed by atoms with Gasteiger partial charge in [-0.05, 0) is 48.3 Å². The Labute approximate surface area is 121 Å². The third-order valence-electron chi connectivity index (χ3n) is 4.52. The van der Waals surface area contributed by atoms with Crippen LogP contribution in [0.15, 0.2) is 29.2 Å². The summed E-state index contributed by atoms with van der Waals surface area (Å²) in [5, 5.41) is 3.25. The highest BCUT2D eigenvalue weighted by Gasteiger charge is 2.48. The molecule has 1 saturated heterocycles. The van der Waals surface area contributed by atoms with Gasteiger partial charge in [0.15, 0.2) is 9.73 Å². The van der Waals surface area contributed by atoms with Gasteiger partial charge in [0.1, 0.15) is 0 Å². The summed E-state index contributed by atoms with van der Waals surface area (Å²) in [6.45, 7) is 2.08. The second kappa shape index (κ2) is 4.71. The molecule has 21 heavy (non-hydrogen) atoms. The van der Waals surface area contributed by atoms with Crippen LogP contribution in [0, 0.1) is 16.1 Å². The second-order valence-corrected chi connectivity index (χ2v) is 8.28. The Balaban J connectivity index is 1.72. The third kappa shape index (κ3) is 2.57. The van der Waals surface area contributed by atoms with Crippen molar-refractivity contribution in [1.82, 2.24) is 5.32 Å². The Morgan fingerprint density at radius 3 is 2.52 bits per heavy atom. The van der Waals surface area contributed by atoms with Gasteiger partial charge in [-0.3, -0.25) is 0 Å². The molecule has 3 rings (SSSR count). The third-order valence-corrected chi connectivity index (χ3v) is 6.09. The van der Waals surface area contributed by atoms with Crippen LogP contribution in [0.3, 0.4) is 0 Å². The van der Waals surface area contributed by atoms with Gasteiger partial charge in [0.25, 0.3) is 0 Å². The number of rotatable bonds is 3. The van der Waals surface area contributed by atoms with Crippen LogP contribution in [-0.2, 0) is 16.1 Å². The van der Waals surface area contributed by atoms with Gasteiger partial charge in [-0.25, -0.2) is 8.99 Å². The van der Waals surface area contributed by atoms with Crippen LogP contribution in [0.4, 0.5) is 13.2 Å². The Kier molecular flexibility index (Phi) is 3.33. The maximum Gasteiger partial charge on any atom is 0.483 e. The Morgan fingerprint density at radius 2 is 2.00 bits per heavy atom. The number of nitrogens with one attached hydrogen (secondary N) is 2. The van der Waals surface area contributed by atoms with Crippen molar-refractivity contribution in [1.29, 1.82) is 4.78 Å². The van der Waals surface area contributed by atoms with E-state index in [0.717, 1.165) is 37.6 Å². The van der Waals surface area contributed by atoms with Crippen LogP contribution in [-0.4, -0.2) is 22.8 Å². The molecule has 1 aromatic carbocycles. The summed E-state index contributed by atoms with van der Waals surface area (Å²) in [5.74, 6) is 0.482. The van der Waals surface area contributed by atoms with E-state index in [9.17, 15) is 17.4 Å². The van der Waals surface area contributed by atoms with Crippen molar-refractivity contribution in [2.75, 3.05) is 13.1 Å². The SMILES string of the molecule is N=[S@](=O)(c1cccc(CC2CC3(CNC3)C2)c1)C(F)(F)F. The normalized spacial score (nSPS) is 24.1. The van der Waals surface area contributed by atoms with Crippen LogP contribution in [0.5, 0.6) is 0 Å². The molecule has 2 N–H and O–H groups in total. The zero-order chi connectivity index (χ0) is 15.3. The number of benzene rings is 1. The first-order chi connectivity index (χ1) is 9.72. The smallest absolute Gasteiger partial charge is 0.316 e. The molecule has 2 fully saturated rings. The van der Waals surface area contributed by atoms with Crippen LogP contribution in [0.1, 0.15) is 18.4 Å². The van der Waals surface area contributed by atoms with Crippen LogP contribution in [0.2, 0.25) is 0 Å². The maximum absolute atomic E-state index is 12.7. The highest BCUT2D eigenvalue weighted by atomic mass is 32.2. The predicted octanol–water partition coefficient (Wildman–Crippen LogP) is 3.15. The summed E-state index contributed by atoms with van der Waals surface area (Å²) >= 11 is 0. The largest absolute Gasteiger partial charge is 0.483 e. The lowest BCUT2D eigenvalue weighted by Crippen LogP contribution is -2.60. The number of hydrogen-bond acceptors (Lipinski definition) is 3. The van der Waals surface area contributed by atoms with E-state index in [0.29, 0.717) is 17.8 Å². The second-order valence-electron chi connectivity index (χ2n) is 6.23. The first kappa shape index (κ1) is 14.8. The van der Waals surface area contributed by atoms with Crippen molar-refractivity contribution in [3.05, 3.63) is 29.8 Å². The van der Waals surface area contributed by atoms with Crippen molar-refractivity contribution >= 4 is 9.73 Å². The number of alkyl halides is 3. The summed E-state index contributed by atoms with van der Waals surface area (Å²) in [4.78, 5) is -0.438. The minimum absolute atomic E-state index is 0.428. The Morgan fingerprint density at radius 1 is 1.33 bits per heavy atom. The molecule has 2 aliphatic rings. The van der Waals surface area contributed by atoms with Crippen LogP contribution < -0.4 is 5.32 Å². The molecular formula is C14H17F3N2OS. The molecule has 1 saturated carbocycles. The van der Waals surface area contributed by atoms with E-state index in [2.05, 4.69) is 5.32 Å². The molecule has 1 aliphatic heterocycles. The maximum atomic E-state index is 12.7. The van der Waals surface area contributed by atoms with Crippen molar-refractivity contribution in [2.24, 2.45) is 11.3 Å². The number of hydrogen-bond donors (Lipinski definition) is 2. The highest BCUT2D eigenvalue weighted by Crippen LogP contribution is 2.49. The zero-order valence-corrected chi connectivity index (χ0v) is 12.2. The minimum Gasteiger partial charge on any atom is -0.316 e. The summed E-state index contributed by atoms with van der Waals surface area (Å²) < 4.78 is 56.8. The molecule has 1 spiro atoms. The summed E-state index contributed by atoms with van der Waals surface area (Å²) in [6.07, 6.45) is 2.89. The van der Waals surface area contributed by atoms with E-state index in [1.54, 1.807) is 6.07 Å². The van der Waals surface area contributed by atoms with Gasteiger partial charge in [0.2, 0.25) is 0 Å². The van der Waals surface area contributed by atoms with Crippen molar-refractivity contribution in [3.63, 3.8) is 0 Å². The predicted molar refractivity (Wildman–Crippen MR) is 73.4 cm³/mol. The van der Waals surface area contributed by atoms with E-state index < -0.39 is 20.1 Å². The fourth-order valence-electron chi connectivity index (χ4n) is 3.39. The van der Waals surface area contributed by atoms with Gasteiger partial charge in [-0.1, -0.05) is 12.1 Å². The van der Waals surface area contributed by atoms with Crippen molar-refractivity contribution in [3.8, 4) is 0 Å². The van der Waals surface area contributed by atoms with Gasteiger partial charge in [0, 0.05) is 13.1 Å².